The molecule has 2 aromatic heterocycles. The molecule has 0 radical (unpaired) electrons. The van der Waals surface area contributed by atoms with E-state index in [0.717, 1.165) is 41.0 Å². The lowest BCUT2D eigenvalue weighted by molar-refractivity contribution is -0.136. The van der Waals surface area contributed by atoms with E-state index in [1.165, 1.54) is 12.8 Å². The second-order valence-electron chi connectivity index (χ2n) is 9.34. The van der Waals surface area contributed by atoms with E-state index >= 15 is 0 Å². The number of piperidine rings is 1. The Kier molecular flexibility index (Phi) is 4.95. The Morgan fingerprint density at radius 1 is 1.12 bits per heavy atom. The van der Waals surface area contributed by atoms with E-state index in [0.29, 0.717) is 36.7 Å². The fourth-order valence-electron chi connectivity index (χ4n) is 5.18. The van der Waals surface area contributed by atoms with Gasteiger partial charge in [-0.1, -0.05) is 6.07 Å². The van der Waals surface area contributed by atoms with Crippen molar-refractivity contribution in [3.8, 4) is 11.3 Å². The van der Waals surface area contributed by atoms with Gasteiger partial charge in [0.2, 0.25) is 23.4 Å². The van der Waals surface area contributed by atoms with Crippen LogP contribution >= 0.6 is 0 Å². The minimum Gasteiger partial charge on any atom is -0.421 e. The first-order valence-corrected chi connectivity index (χ1v) is 11.7. The van der Waals surface area contributed by atoms with Gasteiger partial charge in [-0.15, -0.1) is 0 Å². The van der Waals surface area contributed by atoms with Crippen LogP contribution in [0.15, 0.2) is 28.7 Å². The van der Waals surface area contributed by atoms with Crippen LogP contribution in [0.2, 0.25) is 0 Å². The molecule has 9 heteroatoms. The van der Waals surface area contributed by atoms with Crippen molar-refractivity contribution in [3.63, 3.8) is 0 Å². The third-order valence-corrected chi connectivity index (χ3v) is 6.98. The third-order valence-electron chi connectivity index (χ3n) is 6.98. The summed E-state index contributed by atoms with van der Waals surface area (Å²) >= 11 is 0. The summed E-state index contributed by atoms with van der Waals surface area (Å²) in [6, 6.07) is 6.98. The van der Waals surface area contributed by atoms with Crippen LogP contribution in [0.1, 0.15) is 53.1 Å². The van der Waals surface area contributed by atoms with Gasteiger partial charge in [0, 0.05) is 24.1 Å². The monoisotopic (exact) mass is 459 g/mol. The van der Waals surface area contributed by atoms with Crippen LogP contribution in [-0.4, -0.2) is 56.6 Å². The van der Waals surface area contributed by atoms with Gasteiger partial charge in [0.15, 0.2) is 0 Å². The summed E-state index contributed by atoms with van der Waals surface area (Å²) in [4.78, 5) is 50.0. The van der Waals surface area contributed by atoms with E-state index in [1.807, 2.05) is 25.1 Å². The smallest absolute Gasteiger partial charge is 0.255 e. The van der Waals surface area contributed by atoms with Crippen LogP contribution in [0.3, 0.4) is 0 Å². The molecule has 1 aromatic carbocycles. The van der Waals surface area contributed by atoms with Gasteiger partial charge in [-0.05, 0) is 68.6 Å². The number of aromatic nitrogens is 2. The summed E-state index contributed by atoms with van der Waals surface area (Å²) in [5, 5.41) is 2.34. The van der Waals surface area contributed by atoms with Gasteiger partial charge in [0.05, 0.1) is 12.2 Å². The van der Waals surface area contributed by atoms with Crippen molar-refractivity contribution in [2.75, 3.05) is 13.1 Å². The van der Waals surface area contributed by atoms with E-state index in [-0.39, 0.29) is 18.2 Å². The molecule has 0 saturated carbocycles. The van der Waals surface area contributed by atoms with Crippen LogP contribution in [0.4, 0.5) is 0 Å². The molecular formula is C25H25N5O4. The second-order valence-corrected chi connectivity index (χ2v) is 9.34. The molecule has 0 aliphatic carbocycles. The largest absolute Gasteiger partial charge is 0.421 e. The van der Waals surface area contributed by atoms with Crippen molar-refractivity contribution in [2.24, 2.45) is 0 Å². The number of fused-ring (bicyclic) bond motifs is 2. The molecule has 1 unspecified atom stereocenters. The van der Waals surface area contributed by atoms with Gasteiger partial charge in [-0.2, -0.15) is 0 Å². The highest BCUT2D eigenvalue weighted by molar-refractivity contribution is 6.05. The fraction of sp³-hybridized carbons (Fsp3) is 0.400. The molecule has 9 nitrogen and oxygen atoms in total. The number of imide groups is 1. The van der Waals surface area contributed by atoms with E-state index in [2.05, 4.69) is 15.2 Å². The average molecular weight is 460 g/mol. The van der Waals surface area contributed by atoms with Gasteiger partial charge in [-0.25, -0.2) is 9.97 Å². The molecule has 2 fully saturated rings. The zero-order valence-corrected chi connectivity index (χ0v) is 19.0. The van der Waals surface area contributed by atoms with Crippen molar-refractivity contribution >= 4 is 29.0 Å². The quantitative estimate of drug-likeness (QED) is 0.597. The number of pyridine rings is 1. The number of amides is 3. The first kappa shape index (κ1) is 21.0. The molecular weight excluding hydrogens is 434 g/mol. The van der Waals surface area contributed by atoms with Gasteiger partial charge in [0.25, 0.3) is 5.91 Å². The lowest BCUT2D eigenvalue weighted by atomic mass is 10.0. The minimum absolute atomic E-state index is 0.183. The molecule has 3 aliphatic rings. The van der Waals surface area contributed by atoms with Crippen molar-refractivity contribution in [1.29, 1.82) is 0 Å². The number of oxazole rings is 1. The summed E-state index contributed by atoms with van der Waals surface area (Å²) < 4.78 is 6.00. The van der Waals surface area contributed by atoms with E-state index in [9.17, 15) is 14.4 Å². The standard InChI is InChI=1S/C25H25N5O4/c1-14-10-18(26-24-22(14)28-21(34-24)13-29-8-2-3-9-29)15-4-5-17-16(11-15)12-30(25(17)33)19-6-7-20(31)27-23(19)32/h4-5,10-11,19H,2-3,6-9,12-13H2,1H3,(H,27,31,32). The zero-order chi connectivity index (χ0) is 23.4. The fourth-order valence-corrected chi connectivity index (χ4v) is 5.18. The van der Waals surface area contributed by atoms with Gasteiger partial charge >= 0.3 is 0 Å². The van der Waals surface area contributed by atoms with E-state index in [1.54, 1.807) is 11.0 Å². The van der Waals surface area contributed by atoms with Crippen molar-refractivity contribution < 1.29 is 18.8 Å². The summed E-state index contributed by atoms with van der Waals surface area (Å²) in [7, 11) is 0. The summed E-state index contributed by atoms with van der Waals surface area (Å²) in [6.45, 7) is 5.16. The molecule has 0 bridgehead atoms. The Morgan fingerprint density at radius 3 is 2.74 bits per heavy atom. The number of nitrogens with zero attached hydrogens (tertiary/aromatic N) is 4. The molecule has 174 valence electrons. The van der Waals surface area contributed by atoms with Crippen LogP contribution in [0, 0.1) is 6.92 Å². The maximum Gasteiger partial charge on any atom is 0.255 e. The Balaban J connectivity index is 1.28. The van der Waals surface area contributed by atoms with Gasteiger partial charge < -0.3 is 9.32 Å². The van der Waals surface area contributed by atoms with Crippen LogP contribution < -0.4 is 5.32 Å². The van der Waals surface area contributed by atoms with Gasteiger partial charge in [-0.3, -0.25) is 24.6 Å². The molecule has 3 amide bonds. The highest BCUT2D eigenvalue weighted by Crippen LogP contribution is 2.32. The molecule has 34 heavy (non-hydrogen) atoms. The summed E-state index contributed by atoms with van der Waals surface area (Å²) in [6.07, 6.45) is 3.01. The van der Waals surface area contributed by atoms with Crippen LogP contribution in [-0.2, 0) is 22.7 Å². The lowest BCUT2D eigenvalue weighted by Crippen LogP contribution is -2.52. The van der Waals surface area contributed by atoms with E-state index in [4.69, 9.17) is 9.40 Å². The van der Waals surface area contributed by atoms with Gasteiger partial charge in [0.1, 0.15) is 11.6 Å². The third kappa shape index (κ3) is 3.56. The number of nitrogens with one attached hydrogen (secondary N) is 1. The Morgan fingerprint density at radius 2 is 1.94 bits per heavy atom. The predicted molar refractivity (Wildman–Crippen MR) is 123 cm³/mol. The number of carbonyl (C=O) groups excluding carboxylic acids is 3. The molecule has 6 rings (SSSR count). The summed E-state index contributed by atoms with van der Waals surface area (Å²) in [5.74, 6) is -0.197. The molecule has 5 heterocycles. The second kappa shape index (κ2) is 8.02. The van der Waals surface area contributed by atoms with Crippen LogP contribution in [0.5, 0.6) is 0 Å². The maximum atomic E-state index is 13.0. The summed E-state index contributed by atoms with van der Waals surface area (Å²) in [5.41, 5.74) is 5.34. The number of aryl methyl sites for hydroxylation is 1. The van der Waals surface area contributed by atoms with Crippen molar-refractivity contribution in [2.45, 2.75) is 51.7 Å². The maximum absolute atomic E-state index is 13.0. The first-order valence-electron chi connectivity index (χ1n) is 11.7. The highest BCUT2D eigenvalue weighted by atomic mass is 16.4. The first-order chi connectivity index (χ1) is 16.5. The number of hydrogen-bond donors (Lipinski definition) is 1. The average Bonchev–Trinajstić information content (AvgIpc) is 3.54. The van der Waals surface area contributed by atoms with Crippen molar-refractivity contribution in [3.05, 3.63) is 46.8 Å². The number of hydrogen-bond acceptors (Lipinski definition) is 7. The Bertz CT molecular complexity index is 1340. The molecule has 0 spiro atoms. The van der Waals surface area contributed by atoms with E-state index < -0.39 is 11.9 Å². The topological polar surface area (TPSA) is 109 Å². The Labute approximate surface area is 196 Å². The number of carbonyl (C=O) groups is 3. The number of rotatable bonds is 4. The normalized spacial score (nSPS) is 20.9. The SMILES string of the molecule is Cc1cc(-c2ccc3c(c2)CN(C2CCC(=O)NC2=O)C3=O)nc2oc(CN3CCCC3)nc12. The molecule has 1 N–H and O–H groups in total. The zero-order valence-electron chi connectivity index (χ0n) is 19.0. The Hall–Kier alpha value is -3.59. The molecule has 2 saturated heterocycles. The molecule has 1 atom stereocenters. The van der Waals surface area contributed by atoms with Crippen LogP contribution in [0.25, 0.3) is 22.5 Å². The predicted octanol–water partition coefficient (Wildman–Crippen LogP) is 2.56. The minimum atomic E-state index is -0.624. The highest BCUT2D eigenvalue weighted by Gasteiger charge is 2.39. The number of benzene rings is 1. The lowest BCUT2D eigenvalue weighted by Gasteiger charge is -2.29. The van der Waals surface area contributed by atoms with Crippen molar-refractivity contribution in [1.82, 2.24) is 25.1 Å². The number of likely N-dealkylation sites (tertiary alicyclic amines) is 1. The molecule has 3 aliphatic heterocycles. The molecule has 3 aromatic rings.